The van der Waals surface area contributed by atoms with Crippen molar-refractivity contribution in [1.29, 1.82) is 0 Å². The number of hydrogen-bond donors (Lipinski definition) is 1. The van der Waals surface area contributed by atoms with E-state index >= 15 is 0 Å². The van der Waals surface area contributed by atoms with Crippen molar-refractivity contribution in [2.45, 2.75) is 64.5 Å². The zero-order valence-corrected chi connectivity index (χ0v) is 14.2. The Morgan fingerprint density at radius 1 is 1.13 bits per heavy atom. The van der Waals surface area contributed by atoms with Crippen molar-refractivity contribution in [3.63, 3.8) is 0 Å². The molecule has 5 nitrogen and oxygen atoms in total. The maximum Gasteiger partial charge on any atom is 0.173 e. The number of nitrogens with one attached hydrogen (secondary N) is 1. The van der Waals surface area contributed by atoms with Gasteiger partial charge in [0.25, 0.3) is 0 Å². The molecule has 0 aliphatic heterocycles. The van der Waals surface area contributed by atoms with E-state index in [0.717, 1.165) is 17.9 Å². The van der Waals surface area contributed by atoms with Crippen LogP contribution in [0.4, 0.5) is 5.69 Å². The number of nitrogens with zero attached hydrogens (tertiary/aromatic N) is 4. The van der Waals surface area contributed by atoms with Crippen molar-refractivity contribution in [3.8, 4) is 0 Å². The third kappa shape index (κ3) is 4.09. The van der Waals surface area contributed by atoms with E-state index in [1.807, 2.05) is 6.07 Å². The van der Waals surface area contributed by atoms with Crippen molar-refractivity contribution in [2.24, 2.45) is 5.92 Å². The molecule has 1 aliphatic rings. The fourth-order valence-electron chi connectivity index (χ4n) is 3.45. The number of benzene rings is 1. The van der Waals surface area contributed by atoms with Crippen LogP contribution in [0.15, 0.2) is 30.3 Å². The zero-order valence-electron chi connectivity index (χ0n) is 14.2. The van der Waals surface area contributed by atoms with E-state index in [-0.39, 0.29) is 6.04 Å². The minimum atomic E-state index is 0.148. The van der Waals surface area contributed by atoms with Crippen LogP contribution < -0.4 is 5.32 Å². The van der Waals surface area contributed by atoms with E-state index in [9.17, 15) is 0 Å². The van der Waals surface area contributed by atoms with Crippen LogP contribution in [0.5, 0.6) is 0 Å². The Kier molecular flexibility index (Phi) is 5.26. The van der Waals surface area contributed by atoms with Gasteiger partial charge in [-0.15, -0.1) is 5.10 Å². The van der Waals surface area contributed by atoms with Crippen molar-refractivity contribution < 1.29 is 0 Å². The summed E-state index contributed by atoms with van der Waals surface area (Å²) in [6.07, 6.45) is 7.30. The molecule has 1 aliphatic carbocycles. The number of tetrazole rings is 1. The number of rotatable bonds is 6. The predicted octanol–water partition coefficient (Wildman–Crippen LogP) is 4.38. The highest BCUT2D eigenvalue weighted by Crippen LogP contribution is 2.31. The highest BCUT2D eigenvalue weighted by molar-refractivity contribution is 5.44. The molecule has 1 aromatic carbocycles. The van der Waals surface area contributed by atoms with E-state index in [1.165, 1.54) is 32.1 Å². The van der Waals surface area contributed by atoms with Gasteiger partial charge in [0.2, 0.25) is 0 Å². The average Bonchev–Trinajstić information content (AvgIpc) is 3.05. The summed E-state index contributed by atoms with van der Waals surface area (Å²) in [5.74, 6) is 1.56. The largest absolute Gasteiger partial charge is 0.375 e. The van der Waals surface area contributed by atoms with Gasteiger partial charge in [-0.2, -0.15) is 0 Å². The van der Waals surface area contributed by atoms with Crippen molar-refractivity contribution in [3.05, 3.63) is 36.2 Å². The van der Waals surface area contributed by atoms with E-state index in [1.54, 1.807) is 0 Å². The van der Waals surface area contributed by atoms with Gasteiger partial charge in [0.05, 0.1) is 12.1 Å². The molecule has 124 valence electrons. The number of para-hydroxylation sites is 1. The fourth-order valence-corrected chi connectivity index (χ4v) is 3.45. The van der Waals surface area contributed by atoms with Crippen LogP contribution in [0.2, 0.25) is 0 Å². The van der Waals surface area contributed by atoms with Crippen LogP contribution in [0.1, 0.15) is 70.3 Å². The summed E-state index contributed by atoms with van der Waals surface area (Å²) >= 11 is 0. The number of hydrogen-bond acceptors (Lipinski definition) is 4. The fraction of sp³-hybridized carbons (Fsp3) is 0.611. The predicted molar refractivity (Wildman–Crippen MR) is 92.2 cm³/mol. The maximum atomic E-state index is 4.38. The SMILES string of the molecule is CC(C)C[C@@H](Nc1ccccc1)c1nnnn1C1CCCCC1. The summed E-state index contributed by atoms with van der Waals surface area (Å²) < 4.78 is 2.09. The standard InChI is InChI=1S/C18H27N5/c1-14(2)13-17(19-15-9-5-3-6-10-15)18-20-21-22-23(18)16-11-7-4-8-12-16/h3,5-6,9-10,14,16-17,19H,4,7-8,11-13H2,1-2H3/t17-/m1/s1. The minimum absolute atomic E-state index is 0.148. The molecule has 0 radical (unpaired) electrons. The van der Waals surface area contributed by atoms with Crippen molar-refractivity contribution in [2.75, 3.05) is 5.32 Å². The molecule has 0 bridgehead atoms. The molecule has 2 aromatic rings. The monoisotopic (exact) mass is 313 g/mol. The molecule has 23 heavy (non-hydrogen) atoms. The molecule has 1 atom stereocenters. The van der Waals surface area contributed by atoms with Crippen LogP contribution in [-0.2, 0) is 0 Å². The molecule has 5 heteroatoms. The second-order valence-corrected chi connectivity index (χ2v) is 6.97. The van der Waals surface area contributed by atoms with Crippen LogP contribution in [-0.4, -0.2) is 20.2 Å². The van der Waals surface area contributed by atoms with Gasteiger partial charge in [-0.25, -0.2) is 4.68 Å². The summed E-state index contributed by atoms with van der Waals surface area (Å²) in [6.45, 7) is 4.49. The van der Waals surface area contributed by atoms with Crippen LogP contribution in [0.3, 0.4) is 0 Å². The molecule has 0 unspecified atom stereocenters. The third-order valence-corrected chi connectivity index (χ3v) is 4.57. The number of aromatic nitrogens is 4. The van der Waals surface area contributed by atoms with E-state index < -0.39 is 0 Å². The highest BCUT2D eigenvalue weighted by Gasteiger charge is 2.25. The lowest BCUT2D eigenvalue weighted by atomic mass is 9.95. The lowest BCUT2D eigenvalue weighted by Crippen LogP contribution is -2.23. The zero-order chi connectivity index (χ0) is 16.1. The molecular weight excluding hydrogens is 286 g/mol. The second kappa shape index (κ2) is 7.57. The minimum Gasteiger partial charge on any atom is -0.375 e. The van der Waals surface area contributed by atoms with Crippen LogP contribution in [0, 0.1) is 5.92 Å². The van der Waals surface area contributed by atoms with Gasteiger partial charge in [0, 0.05) is 5.69 Å². The van der Waals surface area contributed by atoms with Gasteiger partial charge in [0.15, 0.2) is 5.82 Å². The molecule has 3 rings (SSSR count). The molecule has 1 aromatic heterocycles. The maximum absolute atomic E-state index is 4.38. The summed E-state index contributed by atoms with van der Waals surface area (Å²) in [5.41, 5.74) is 1.12. The van der Waals surface area contributed by atoms with Gasteiger partial charge in [0.1, 0.15) is 0 Å². The van der Waals surface area contributed by atoms with Crippen LogP contribution in [0.25, 0.3) is 0 Å². The van der Waals surface area contributed by atoms with E-state index in [4.69, 9.17) is 0 Å². The molecule has 0 amide bonds. The van der Waals surface area contributed by atoms with Gasteiger partial charge < -0.3 is 5.32 Å². The lowest BCUT2D eigenvalue weighted by Gasteiger charge is -2.26. The smallest absolute Gasteiger partial charge is 0.173 e. The van der Waals surface area contributed by atoms with Crippen molar-refractivity contribution >= 4 is 5.69 Å². The first-order valence-corrected chi connectivity index (χ1v) is 8.83. The van der Waals surface area contributed by atoms with Gasteiger partial charge >= 0.3 is 0 Å². The van der Waals surface area contributed by atoms with Gasteiger partial charge in [-0.1, -0.05) is 51.3 Å². The summed E-state index contributed by atoms with van der Waals surface area (Å²) in [7, 11) is 0. The molecule has 1 N–H and O–H groups in total. The Morgan fingerprint density at radius 3 is 2.57 bits per heavy atom. The summed E-state index contributed by atoms with van der Waals surface area (Å²) in [5, 5.41) is 16.3. The topological polar surface area (TPSA) is 55.6 Å². The molecule has 1 fully saturated rings. The quantitative estimate of drug-likeness (QED) is 0.860. The first kappa shape index (κ1) is 16.0. The molecule has 1 heterocycles. The van der Waals surface area contributed by atoms with E-state index in [0.29, 0.717) is 12.0 Å². The first-order chi connectivity index (χ1) is 11.2. The summed E-state index contributed by atoms with van der Waals surface area (Å²) in [6, 6.07) is 11.0. The molecule has 0 saturated heterocycles. The Labute approximate surface area is 138 Å². The number of anilines is 1. The van der Waals surface area contributed by atoms with E-state index in [2.05, 4.69) is 63.6 Å². The van der Waals surface area contributed by atoms with Crippen molar-refractivity contribution in [1.82, 2.24) is 20.2 Å². The van der Waals surface area contributed by atoms with Gasteiger partial charge in [-0.3, -0.25) is 0 Å². The average molecular weight is 313 g/mol. The Hall–Kier alpha value is -1.91. The molecule has 1 saturated carbocycles. The van der Waals surface area contributed by atoms with Gasteiger partial charge in [-0.05, 0) is 47.7 Å². The molecular formula is C18H27N5. The Balaban J connectivity index is 1.83. The second-order valence-electron chi connectivity index (χ2n) is 6.97. The van der Waals surface area contributed by atoms with Crippen LogP contribution >= 0.6 is 0 Å². The molecule has 0 spiro atoms. The normalized spacial score (nSPS) is 17.3. The highest BCUT2D eigenvalue weighted by atomic mass is 15.6. The third-order valence-electron chi connectivity index (χ3n) is 4.57. The Bertz CT molecular complexity index is 586. The Morgan fingerprint density at radius 2 is 1.87 bits per heavy atom. The first-order valence-electron chi connectivity index (χ1n) is 8.83. The lowest BCUT2D eigenvalue weighted by molar-refractivity contribution is 0.310. The summed E-state index contributed by atoms with van der Waals surface area (Å²) in [4.78, 5) is 0.